The Labute approximate surface area is 231 Å². The lowest BCUT2D eigenvalue weighted by molar-refractivity contribution is -0.129. The summed E-state index contributed by atoms with van der Waals surface area (Å²) in [5, 5.41) is 13.9. The van der Waals surface area contributed by atoms with Gasteiger partial charge in [-0.25, -0.2) is 13.2 Å². The van der Waals surface area contributed by atoms with E-state index >= 15 is 0 Å². The predicted molar refractivity (Wildman–Crippen MR) is 144 cm³/mol. The number of amides is 2. The van der Waals surface area contributed by atoms with Crippen LogP contribution in [0.1, 0.15) is 10.4 Å². The van der Waals surface area contributed by atoms with Gasteiger partial charge in [0.25, 0.3) is 5.91 Å². The van der Waals surface area contributed by atoms with Crippen LogP contribution in [-0.2, 0) is 32.5 Å². The fraction of sp³-hybridized carbons (Fsp3) is 0.346. The van der Waals surface area contributed by atoms with E-state index in [9.17, 15) is 23.1 Å². The number of nitrogens with one attached hydrogen (secondary N) is 1. The van der Waals surface area contributed by atoms with Crippen molar-refractivity contribution in [2.24, 2.45) is 0 Å². The first-order valence-electron chi connectivity index (χ1n) is 12.1. The Balaban J connectivity index is 1.46. The van der Waals surface area contributed by atoms with Crippen molar-refractivity contribution in [1.29, 1.82) is 0 Å². The van der Waals surface area contributed by atoms with Gasteiger partial charge in [-0.15, -0.1) is 11.3 Å². The summed E-state index contributed by atoms with van der Waals surface area (Å²) < 4.78 is 37.8. The number of thiazole rings is 1. The van der Waals surface area contributed by atoms with E-state index in [-0.39, 0.29) is 31.0 Å². The molecule has 11 nitrogen and oxygen atoms in total. The average molecular weight is 575 g/mol. The van der Waals surface area contributed by atoms with Gasteiger partial charge in [-0.3, -0.25) is 14.7 Å². The molecule has 3 aromatic rings. The van der Waals surface area contributed by atoms with Gasteiger partial charge >= 0.3 is 6.09 Å². The smallest absolute Gasteiger partial charge is 0.411 e. The first kappa shape index (κ1) is 28.5. The second-order valence-corrected chi connectivity index (χ2v) is 12.1. The van der Waals surface area contributed by atoms with Crippen LogP contribution >= 0.6 is 11.3 Å². The van der Waals surface area contributed by atoms with E-state index in [4.69, 9.17) is 9.47 Å². The number of methoxy groups -OCH3 is 1. The average Bonchev–Trinajstić information content (AvgIpc) is 3.58. The summed E-state index contributed by atoms with van der Waals surface area (Å²) in [6, 6.07) is 14.4. The third-order valence-corrected chi connectivity index (χ3v) is 8.88. The fourth-order valence-corrected chi connectivity index (χ4v) is 5.97. The minimum atomic E-state index is -3.96. The zero-order valence-corrected chi connectivity index (χ0v) is 23.1. The first-order valence-corrected chi connectivity index (χ1v) is 14.4. The molecule has 0 saturated carbocycles. The molecule has 2 aromatic carbocycles. The van der Waals surface area contributed by atoms with Crippen LogP contribution < -0.4 is 10.1 Å². The van der Waals surface area contributed by atoms with Gasteiger partial charge in [-0.1, -0.05) is 36.4 Å². The number of rotatable bonds is 12. The molecule has 0 bridgehead atoms. The summed E-state index contributed by atoms with van der Waals surface area (Å²) in [6.45, 7) is 0.0242. The van der Waals surface area contributed by atoms with Crippen molar-refractivity contribution >= 4 is 33.4 Å². The summed E-state index contributed by atoms with van der Waals surface area (Å²) in [6.07, 6.45) is -1.09. The molecule has 4 rings (SSSR count). The van der Waals surface area contributed by atoms with E-state index < -0.39 is 40.3 Å². The van der Waals surface area contributed by atoms with Gasteiger partial charge in [0.05, 0.1) is 42.8 Å². The van der Waals surface area contributed by atoms with Crippen LogP contribution in [-0.4, -0.2) is 85.2 Å². The Morgan fingerprint density at radius 1 is 1.28 bits per heavy atom. The zero-order valence-electron chi connectivity index (χ0n) is 21.5. The Bertz CT molecular complexity index is 1370. The van der Waals surface area contributed by atoms with Gasteiger partial charge in [0.2, 0.25) is 10.0 Å². The highest BCUT2D eigenvalue weighted by Gasteiger charge is 2.38. The Kier molecular flexibility index (Phi) is 9.17. The monoisotopic (exact) mass is 574 g/mol. The van der Waals surface area contributed by atoms with Crippen LogP contribution in [0.2, 0.25) is 0 Å². The highest BCUT2D eigenvalue weighted by molar-refractivity contribution is 7.89. The molecule has 1 saturated heterocycles. The van der Waals surface area contributed by atoms with Crippen LogP contribution in [0.3, 0.4) is 0 Å². The van der Waals surface area contributed by atoms with E-state index in [1.807, 2.05) is 30.3 Å². The number of hydrogen-bond acceptors (Lipinski definition) is 9. The molecule has 39 heavy (non-hydrogen) atoms. The van der Waals surface area contributed by atoms with E-state index in [0.29, 0.717) is 5.75 Å². The van der Waals surface area contributed by atoms with Crippen LogP contribution in [0, 0.1) is 0 Å². The maximum Gasteiger partial charge on any atom is 0.411 e. The zero-order chi connectivity index (χ0) is 28.0. The van der Waals surface area contributed by atoms with E-state index in [1.165, 1.54) is 42.5 Å². The van der Waals surface area contributed by atoms with Crippen molar-refractivity contribution < 1.29 is 32.6 Å². The largest absolute Gasteiger partial charge is 0.497 e. The van der Waals surface area contributed by atoms with E-state index in [2.05, 4.69) is 10.3 Å². The van der Waals surface area contributed by atoms with Crippen molar-refractivity contribution in [2.45, 2.75) is 36.1 Å². The molecule has 2 amide bonds. The molecule has 13 heteroatoms. The summed E-state index contributed by atoms with van der Waals surface area (Å²) in [5.41, 5.74) is 2.48. The number of ether oxygens (including phenoxy) is 2. The number of aliphatic hydroxyl groups excluding tert-OH is 1. The van der Waals surface area contributed by atoms with Gasteiger partial charge in [0.1, 0.15) is 5.75 Å². The quantitative estimate of drug-likeness (QED) is 0.335. The van der Waals surface area contributed by atoms with Crippen LogP contribution in [0.5, 0.6) is 5.75 Å². The molecular formula is C26H30N4O7S2. The number of likely N-dealkylation sites (N-methyl/N-ethyl adjacent to an activating group) is 1. The van der Waals surface area contributed by atoms with Crippen LogP contribution in [0.25, 0.3) is 0 Å². The molecule has 1 aliphatic rings. The van der Waals surface area contributed by atoms with Crippen molar-refractivity contribution in [2.75, 3.05) is 27.2 Å². The summed E-state index contributed by atoms with van der Waals surface area (Å²) in [5.74, 6) is -0.192. The van der Waals surface area contributed by atoms with Crippen molar-refractivity contribution in [3.63, 3.8) is 0 Å². The lowest BCUT2D eigenvalue weighted by atomic mass is 10.0. The van der Waals surface area contributed by atoms with Gasteiger partial charge in [0.15, 0.2) is 6.10 Å². The molecule has 1 aromatic heterocycles. The minimum Gasteiger partial charge on any atom is -0.497 e. The van der Waals surface area contributed by atoms with Crippen molar-refractivity contribution in [3.05, 3.63) is 76.7 Å². The van der Waals surface area contributed by atoms with Crippen molar-refractivity contribution in [3.8, 4) is 5.75 Å². The molecule has 1 aliphatic heterocycles. The fourth-order valence-electron chi connectivity index (χ4n) is 4.14. The van der Waals surface area contributed by atoms with E-state index in [1.54, 1.807) is 23.8 Å². The maximum atomic E-state index is 13.2. The molecule has 2 unspecified atom stereocenters. The number of nitrogens with zero attached hydrogens (tertiary/aromatic N) is 3. The normalized spacial score (nSPS) is 17.1. The molecular weight excluding hydrogens is 544 g/mol. The number of aliphatic hydroxyl groups is 1. The Hall–Kier alpha value is -3.52. The number of carbonyl (C=O) groups is 2. The van der Waals surface area contributed by atoms with Gasteiger partial charge in [-0.2, -0.15) is 4.31 Å². The summed E-state index contributed by atoms with van der Waals surface area (Å²) >= 11 is 1.39. The SMILES string of the molecule is COc1cccc(S(=O)(=O)N(C)CC(O)C(Cc2ccccc2)NC(=O)[C@@H]2CN(Cc3cncs3)C(=O)O2)c1. The predicted octanol–water partition coefficient (Wildman–Crippen LogP) is 1.88. The molecule has 0 aliphatic carbocycles. The second kappa shape index (κ2) is 12.6. The van der Waals surface area contributed by atoms with Gasteiger partial charge < -0.3 is 19.9 Å². The second-order valence-electron chi connectivity index (χ2n) is 9.06. The number of hydrogen-bond donors (Lipinski definition) is 2. The molecule has 0 radical (unpaired) electrons. The third-order valence-electron chi connectivity index (χ3n) is 6.29. The highest BCUT2D eigenvalue weighted by Crippen LogP contribution is 2.21. The first-order chi connectivity index (χ1) is 18.7. The number of cyclic esters (lactones) is 1. The van der Waals surface area contributed by atoms with Gasteiger partial charge in [-0.05, 0) is 24.1 Å². The van der Waals surface area contributed by atoms with Crippen LogP contribution in [0.15, 0.2) is 71.2 Å². The molecule has 208 valence electrons. The molecule has 1 fully saturated rings. The molecule has 2 N–H and O–H groups in total. The molecule has 0 spiro atoms. The third kappa shape index (κ3) is 7.12. The number of carbonyl (C=O) groups excluding carboxylic acids is 2. The van der Waals surface area contributed by atoms with E-state index in [0.717, 1.165) is 14.7 Å². The van der Waals surface area contributed by atoms with Gasteiger partial charge in [0, 0.05) is 30.7 Å². The Morgan fingerprint density at radius 2 is 2.05 bits per heavy atom. The summed E-state index contributed by atoms with van der Waals surface area (Å²) in [4.78, 5) is 31.7. The standard InChI is InChI=1S/C26H30N4O7S2/c1-29(39(34,35)21-10-6-9-19(12-21)36-2)15-23(31)22(11-18-7-4-3-5-8-18)28-25(32)24-16-30(26(33)37-24)14-20-13-27-17-38-20/h3-10,12-13,17,22-24,31H,11,14-16H2,1-2H3,(H,28,32)/t22?,23?,24-/m0/s1. The number of sulfonamides is 1. The minimum absolute atomic E-state index is 0.0131. The number of aromatic nitrogens is 1. The lowest BCUT2D eigenvalue weighted by Crippen LogP contribution is -2.52. The summed E-state index contributed by atoms with van der Waals surface area (Å²) in [7, 11) is -1.16. The number of benzene rings is 2. The molecule has 3 atom stereocenters. The molecule has 2 heterocycles. The lowest BCUT2D eigenvalue weighted by Gasteiger charge is -2.28. The van der Waals surface area contributed by atoms with Crippen LogP contribution in [0.4, 0.5) is 4.79 Å². The Morgan fingerprint density at radius 3 is 2.74 bits per heavy atom. The maximum absolute atomic E-state index is 13.2. The van der Waals surface area contributed by atoms with Crippen molar-refractivity contribution in [1.82, 2.24) is 19.5 Å². The highest BCUT2D eigenvalue weighted by atomic mass is 32.2. The topological polar surface area (TPSA) is 138 Å².